The fourth-order valence-corrected chi connectivity index (χ4v) is 2.53. The van der Waals surface area contributed by atoms with Crippen LogP contribution in [0.15, 0.2) is 30.3 Å². The van der Waals surface area contributed by atoms with Crippen LogP contribution in [-0.4, -0.2) is 59.8 Å². The Morgan fingerprint density at radius 3 is 2.48 bits per heavy atom. The average molecular weight is 345 g/mol. The summed E-state index contributed by atoms with van der Waals surface area (Å²) in [4.78, 5) is 50.2. The predicted molar refractivity (Wildman–Crippen MR) is 86.2 cm³/mol. The second-order valence-electron chi connectivity index (χ2n) is 6.18. The van der Waals surface area contributed by atoms with Gasteiger partial charge < -0.3 is 15.0 Å². The highest BCUT2D eigenvalue weighted by atomic mass is 16.5. The number of rotatable bonds is 6. The Morgan fingerprint density at radius 1 is 1.24 bits per heavy atom. The van der Waals surface area contributed by atoms with Gasteiger partial charge in [0.2, 0.25) is 6.10 Å². The van der Waals surface area contributed by atoms with Crippen LogP contribution >= 0.6 is 0 Å². The van der Waals surface area contributed by atoms with Crippen LogP contribution in [-0.2, 0) is 19.1 Å². The van der Waals surface area contributed by atoms with Gasteiger partial charge >= 0.3 is 12.0 Å². The molecule has 4 amide bonds. The summed E-state index contributed by atoms with van der Waals surface area (Å²) in [6.45, 7) is -0.585. The number of benzene rings is 1. The van der Waals surface area contributed by atoms with Crippen molar-refractivity contribution in [2.75, 3.05) is 20.1 Å². The van der Waals surface area contributed by atoms with Crippen LogP contribution in [0.2, 0.25) is 0 Å². The molecule has 0 radical (unpaired) electrons. The summed E-state index contributed by atoms with van der Waals surface area (Å²) < 4.78 is 5.31. The molecule has 1 atom stereocenters. The van der Waals surface area contributed by atoms with Crippen molar-refractivity contribution in [2.24, 2.45) is 0 Å². The van der Waals surface area contributed by atoms with Crippen LogP contribution in [0.4, 0.5) is 4.79 Å². The number of imide groups is 1. The van der Waals surface area contributed by atoms with E-state index in [0.29, 0.717) is 5.56 Å². The first-order valence-corrected chi connectivity index (χ1v) is 8.06. The van der Waals surface area contributed by atoms with Gasteiger partial charge in [-0.2, -0.15) is 0 Å². The van der Waals surface area contributed by atoms with E-state index in [0.717, 1.165) is 17.7 Å². The van der Waals surface area contributed by atoms with Gasteiger partial charge in [0.25, 0.3) is 11.8 Å². The van der Waals surface area contributed by atoms with Gasteiger partial charge in [-0.1, -0.05) is 30.3 Å². The summed E-state index contributed by atoms with van der Waals surface area (Å²) in [6.07, 6.45) is 0.703. The zero-order valence-electron chi connectivity index (χ0n) is 13.8. The summed E-state index contributed by atoms with van der Waals surface area (Å²) >= 11 is 0. The van der Waals surface area contributed by atoms with Gasteiger partial charge in [-0.15, -0.1) is 0 Å². The molecule has 0 unspecified atom stereocenters. The molecule has 8 nitrogen and oxygen atoms in total. The predicted octanol–water partition coefficient (Wildman–Crippen LogP) is 0.444. The zero-order valence-corrected chi connectivity index (χ0v) is 13.8. The molecule has 1 heterocycles. The van der Waals surface area contributed by atoms with E-state index in [-0.39, 0.29) is 12.6 Å². The molecule has 1 aromatic carbocycles. The van der Waals surface area contributed by atoms with E-state index in [1.54, 1.807) is 30.3 Å². The van der Waals surface area contributed by atoms with E-state index in [9.17, 15) is 19.2 Å². The number of hydrogen-bond donors (Lipinski definition) is 1. The number of carbonyl (C=O) groups is 4. The number of amides is 4. The lowest BCUT2D eigenvalue weighted by Gasteiger charge is -2.19. The Hall–Kier alpha value is -2.90. The number of esters is 1. The van der Waals surface area contributed by atoms with Crippen molar-refractivity contribution in [2.45, 2.75) is 25.0 Å². The number of likely N-dealkylation sites (N-methyl/N-ethyl adjacent to an activating group) is 1. The maximum absolute atomic E-state index is 12.4. The minimum Gasteiger partial charge on any atom is -0.446 e. The van der Waals surface area contributed by atoms with Gasteiger partial charge in [0.05, 0.1) is 0 Å². The molecular formula is C17H19N3O5. The molecule has 132 valence electrons. The number of hydrogen-bond acceptors (Lipinski definition) is 5. The van der Waals surface area contributed by atoms with Crippen molar-refractivity contribution < 1.29 is 23.9 Å². The van der Waals surface area contributed by atoms with Gasteiger partial charge in [-0.05, 0) is 12.8 Å². The standard InChI is InChI=1S/C17H19N3O5/c1-19-9-13(21)20(17(19)24)10-14(22)25-15(11-5-3-2-4-6-11)16(23)18-12-7-8-12/h2-6,12,15H,7-10H2,1H3,(H,18,23)/t15-/m1/s1. The van der Waals surface area contributed by atoms with Crippen molar-refractivity contribution in [3.05, 3.63) is 35.9 Å². The molecule has 25 heavy (non-hydrogen) atoms. The number of carbonyl (C=O) groups excluding carboxylic acids is 4. The van der Waals surface area contributed by atoms with Crippen LogP contribution in [0.5, 0.6) is 0 Å². The molecule has 2 aliphatic rings. The van der Waals surface area contributed by atoms with E-state index in [1.807, 2.05) is 0 Å². The third-order valence-electron chi connectivity index (χ3n) is 4.03. The Morgan fingerprint density at radius 2 is 1.92 bits per heavy atom. The normalized spacial score (nSPS) is 18.3. The minimum absolute atomic E-state index is 0.0730. The van der Waals surface area contributed by atoms with Crippen LogP contribution < -0.4 is 5.32 Å². The molecule has 0 aromatic heterocycles. The van der Waals surface area contributed by atoms with E-state index in [1.165, 1.54) is 11.9 Å². The van der Waals surface area contributed by atoms with E-state index < -0.39 is 36.5 Å². The molecule has 3 rings (SSSR count). The van der Waals surface area contributed by atoms with Crippen molar-refractivity contribution in [1.82, 2.24) is 15.1 Å². The second-order valence-corrected chi connectivity index (χ2v) is 6.18. The molecule has 1 aromatic rings. The van der Waals surface area contributed by atoms with Gasteiger partial charge in [-0.3, -0.25) is 19.3 Å². The highest BCUT2D eigenvalue weighted by Gasteiger charge is 2.37. The second kappa shape index (κ2) is 6.92. The number of urea groups is 1. The maximum Gasteiger partial charge on any atom is 0.327 e. The molecular weight excluding hydrogens is 326 g/mol. The van der Waals surface area contributed by atoms with Crippen LogP contribution in [0, 0.1) is 0 Å². The lowest BCUT2D eigenvalue weighted by atomic mass is 10.1. The largest absolute Gasteiger partial charge is 0.446 e. The van der Waals surface area contributed by atoms with Crippen LogP contribution in [0.1, 0.15) is 24.5 Å². The fraction of sp³-hybridized carbons (Fsp3) is 0.412. The Kier molecular flexibility index (Phi) is 4.69. The highest BCUT2D eigenvalue weighted by Crippen LogP contribution is 2.23. The van der Waals surface area contributed by atoms with Crippen molar-refractivity contribution >= 4 is 23.8 Å². The Balaban J connectivity index is 1.69. The van der Waals surface area contributed by atoms with Gasteiger partial charge in [0.15, 0.2) is 0 Å². The molecule has 1 N–H and O–H groups in total. The third-order valence-corrected chi connectivity index (χ3v) is 4.03. The molecule has 0 bridgehead atoms. The first-order valence-electron chi connectivity index (χ1n) is 8.06. The lowest BCUT2D eigenvalue weighted by molar-refractivity contribution is -0.158. The summed E-state index contributed by atoms with van der Waals surface area (Å²) in [6, 6.07) is 8.20. The van der Waals surface area contributed by atoms with Crippen molar-refractivity contribution in [3.63, 3.8) is 0 Å². The number of nitrogens with one attached hydrogen (secondary N) is 1. The topological polar surface area (TPSA) is 96.0 Å². The monoisotopic (exact) mass is 345 g/mol. The van der Waals surface area contributed by atoms with Crippen molar-refractivity contribution in [3.8, 4) is 0 Å². The average Bonchev–Trinajstić information content (AvgIpc) is 3.37. The first kappa shape index (κ1) is 16.9. The fourth-order valence-electron chi connectivity index (χ4n) is 2.53. The van der Waals surface area contributed by atoms with Gasteiger partial charge in [-0.25, -0.2) is 4.79 Å². The highest BCUT2D eigenvalue weighted by molar-refractivity contribution is 6.04. The molecule has 1 aliphatic carbocycles. The van der Waals surface area contributed by atoms with E-state index in [2.05, 4.69) is 5.32 Å². The van der Waals surface area contributed by atoms with Crippen LogP contribution in [0.3, 0.4) is 0 Å². The third kappa shape index (κ3) is 3.96. The Labute approximate surface area is 144 Å². The lowest BCUT2D eigenvalue weighted by Crippen LogP contribution is -2.39. The minimum atomic E-state index is -1.11. The molecule has 0 spiro atoms. The van der Waals surface area contributed by atoms with Crippen molar-refractivity contribution in [1.29, 1.82) is 0 Å². The summed E-state index contributed by atoms with van der Waals surface area (Å²) in [7, 11) is 1.47. The summed E-state index contributed by atoms with van der Waals surface area (Å²) in [5, 5.41) is 2.80. The summed E-state index contributed by atoms with van der Waals surface area (Å²) in [5.74, 6) is -1.68. The molecule has 1 saturated carbocycles. The summed E-state index contributed by atoms with van der Waals surface area (Å²) in [5.41, 5.74) is 0.533. The maximum atomic E-state index is 12.4. The van der Waals surface area contributed by atoms with Gasteiger partial charge in [0, 0.05) is 18.7 Å². The SMILES string of the molecule is CN1CC(=O)N(CC(=O)O[C@@H](C(=O)NC2CC2)c2ccccc2)C1=O. The molecule has 2 fully saturated rings. The number of nitrogens with zero attached hydrogens (tertiary/aromatic N) is 2. The zero-order chi connectivity index (χ0) is 18.0. The number of ether oxygens (including phenoxy) is 1. The van der Waals surface area contributed by atoms with Gasteiger partial charge in [0.1, 0.15) is 13.1 Å². The smallest absolute Gasteiger partial charge is 0.327 e. The molecule has 1 saturated heterocycles. The Bertz CT molecular complexity index is 701. The van der Waals surface area contributed by atoms with Crippen LogP contribution in [0.25, 0.3) is 0 Å². The van der Waals surface area contributed by atoms with E-state index >= 15 is 0 Å². The quantitative estimate of drug-likeness (QED) is 0.596. The van der Waals surface area contributed by atoms with E-state index in [4.69, 9.17) is 4.74 Å². The molecule has 1 aliphatic heterocycles. The first-order chi connectivity index (χ1) is 12.0. The molecule has 8 heteroatoms.